The lowest BCUT2D eigenvalue weighted by atomic mass is 10.3. The fourth-order valence-electron chi connectivity index (χ4n) is 1.99. The summed E-state index contributed by atoms with van der Waals surface area (Å²) in [5, 5.41) is 1.56. The van der Waals surface area contributed by atoms with Gasteiger partial charge in [0, 0.05) is 12.7 Å². The van der Waals surface area contributed by atoms with Gasteiger partial charge in [-0.3, -0.25) is 0 Å². The Kier molecular flexibility index (Phi) is 1.96. The molecule has 0 radical (unpaired) electrons. The van der Waals surface area contributed by atoms with Crippen LogP contribution in [0.2, 0.25) is 5.15 Å². The molecule has 1 saturated carbocycles. The molecule has 0 amide bonds. The molecule has 78 valence electrons. The van der Waals surface area contributed by atoms with E-state index < -0.39 is 0 Å². The number of hydrogen-bond acceptors (Lipinski definition) is 2. The number of hydrogen-bond donors (Lipinski definition) is 0. The van der Waals surface area contributed by atoms with Crippen LogP contribution in [-0.4, -0.2) is 14.5 Å². The lowest BCUT2D eigenvalue weighted by molar-refractivity contribution is 0.641. The van der Waals surface area contributed by atoms with Crippen LogP contribution in [0.4, 0.5) is 0 Å². The summed E-state index contributed by atoms with van der Waals surface area (Å²) in [4.78, 5) is 8.33. The molecule has 15 heavy (non-hydrogen) atoms. The molecule has 1 aliphatic rings. The van der Waals surface area contributed by atoms with Crippen LogP contribution in [0.25, 0.3) is 11.0 Å². The molecule has 3 rings (SSSR count). The Labute approximate surface area is 93.1 Å². The van der Waals surface area contributed by atoms with E-state index in [4.69, 9.17) is 11.6 Å². The molecule has 0 spiro atoms. The van der Waals surface area contributed by atoms with E-state index in [2.05, 4.69) is 27.7 Å². The molecule has 0 saturated heterocycles. The van der Waals surface area contributed by atoms with Crippen LogP contribution in [0.1, 0.15) is 18.4 Å². The highest BCUT2D eigenvalue weighted by atomic mass is 35.5. The lowest BCUT2D eigenvalue weighted by Crippen LogP contribution is -1.99. The van der Waals surface area contributed by atoms with Crippen LogP contribution in [-0.2, 0) is 6.54 Å². The minimum absolute atomic E-state index is 0.562. The highest BCUT2D eigenvalue weighted by Gasteiger charge is 2.23. The molecule has 0 aliphatic heterocycles. The Morgan fingerprint density at radius 2 is 2.27 bits per heavy atom. The summed E-state index contributed by atoms with van der Waals surface area (Å²) >= 11 is 6.06. The number of fused-ring (bicyclic) bond motifs is 1. The molecule has 1 aliphatic carbocycles. The Hall–Kier alpha value is -1.09. The molecule has 0 unspecified atom stereocenters. The Balaban J connectivity index is 2.17. The molecule has 0 aromatic carbocycles. The van der Waals surface area contributed by atoms with Gasteiger partial charge in [-0.2, -0.15) is 0 Å². The van der Waals surface area contributed by atoms with Crippen molar-refractivity contribution in [3.05, 3.63) is 23.2 Å². The first-order valence-corrected chi connectivity index (χ1v) is 5.59. The monoisotopic (exact) mass is 221 g/mol. The van der Waals surface area contributed by atoms with Gasteiger partial charge in [-0.25, -0.2) is 9.97 Å². The second kappa shape index (κ2) is 3.20. The van der Waals surface area contributed by atoms with Gasteiger partial charge in [-0.05, 0) is 31.2 Å². The Morgan fingerprint density at radius 3 is 3.00 bits per heavy atom. The quantitative estimate of drug-likeness (QED) is 0.731. The minimum atomic E-state index is 0.562. The molecule has 2 aromatic heterocycles. The van der Waals surface area contributed by atoms with Gasteiger partial charge in [0.25, 0.3) is 0 Å². The van der Waals surface area contributed by atoms with Crippen LogP contribution in [0.3, 0.4) is 0 Å². The number of nitrogens with zero attached hydrogens (tertiary/aromatic N) is 3. The molecule has 2 aromatic rings. The van der Waals surface area contributed by atoms with E-state index in [1.165, 1.54) is 19.2 Å². The van der Waals surface area contributed by atoms with Crippen molar-refractivity contribution in [3.8, 4) is 0 Å². The predicted molar refractivity (Wildman–Crippen MR) is 60.0 cm³/mol. The average Bonchev–Trinajstić information content (AvgIpc) is 2.94. The van der Waals surface area contributed by atoms with Gasteiger partial charge >= 0.3 is 0 Å². The predicted octanol–water partition coefficient (Wildman–Crippen LogP) is 2.80. The van der Waals surface area contributed by atoms with E-state index in [9.17, 15) is 0 Å². The van der Waals surface area contributed by atoms with Crippen LogP contribution in [0.15, 0.2) is 12.5 Å². The van der Waals surface area contributed by atoms with Crippen molar-refractivity contribution in [1.29, 1.82) is 0 Å². The zero-order valence-electron chi connectivity index (χ0n) is 8.57. The number of halogens is 1. The molecule has 0 atom stereocenters. The van der Waals surface area contributed by atoms with Gasteiger partial charge in [0.1, 0.15) is 17.1 Å². The van der Waals surface area contributed by atoms with Gasteiger partial charge in [-0.1, -0.05) is 11.6 Å². The van der Waals surface area contributed by atoms with Gasteiger partial charge < -0.3 is 4.57 Å². The minimum Gasteiger partial charge on any atom is -0.332 e. The molecule has 3 nitrogen and oxygen atoms in total. The molecular weight excluding hydrogens is 210 g/mol. The van der Waals surface area contributed by atoms with Crippen molar-refractivity contribution in [2.24, 2.45) is 5.92 Å². The van der Waals surface area contributed by atoms with Crippen molar-refractivity contribution in [1.82, 2.24) is 14.5 Å². The van der Waals surface area contributed by atoms with Gasteiger partial charge in [0.05, 0.1) is 5.39 Å². The number of aromatic nitrogens is 3. The third kappa shape index (κ3) is 1.51. The normalized spacial score (nSPS) is 16.1. The Morgan fingerprint density at radius 1 is 1.47 bits per heavy atom. The van der Waals surface area contributed by atoms with Crippen LogP contribution in [0, 0.1) is 12.8 Å². The van der Waals surface area contributed by atoms with Crippen LogP contribution < -0.4 is 0 Å². The topological polar surface area (TPSA) is 30.7 Å². The van der Waals surface area contributed by atoms with E-state index in [1.54, 1.807) is 0 Å². The third-order valence-electron chi connectivity index (χ3n) is 2.95. The zero-order valence-corrected chi connectivity index (χ0v) is 9.33. The molecule has 0 N–H and O–H groups in total. The fourth-order valence-corrected chi connectivity index (χ4v) is 2.27. The van der Waals surface area contributed by atoms with Gasteiger partial charge in [-0.15, -0.1) is 0 Å². The maximum Gasteiger partial charge on any atom is 0.145 e. The maximum atomic E-state index is 6.06. The van der Waals surface area contributed by atoms with E-state index in [0.29, 0.717) is 5.15 Å². The van der Waals surface area contributed by atoms with E-state index >= 15 is 0 Å². The van der Waals surface area contributed by atoms with E-state index in [1.807, 2.05) is 0 Å². The van der Waals surface area contributed by atoms with Crippen LogP contribution >= 0.6 is 11.6 Å². The number of rotatable bonds is 2. The summed E-state index contributed by atoms with van der Waals surface area (Å²) in [6.07, 6.45) is 6.35. The zero-order chi connectivity index (χ0) is 10.4. The fraction of sp³-hybridized carbons (Fsp3) is 0.455. The van der Waals surface area contributed by atoms with Crippen molar-refractivity contribution in [3.63, 3.8) is 0 Å². The smallest absolute Gasteiger partial charge is 0.145 e. The highest BCUT2D eigenvalue weighted by molar-refractivity contribution is 6.34. The van der Waals surface area contributed by atoms with Crippen molar-refractivity contribution in [2.75, 3.05) is 0 Å². The molecule has 2 heterocycles. The van der Waals surface area contributed by atoms with Crippen molar-refractivity contribution < 1.29 is 0 Å². The average molecular weight is 222 g/mol. The summed E-state index contributed by atoms with van der Waals surface area (Å²) in [7, 11) is 0. The van der Waals surface area contributed by atoms with E-state index in [0.717, 1.165) is 29.1 Å². The molecular formula is C11H12ClN3. The standard InChI is InChI=1S/C11H12ClN3/c1-7-4-15(5-8-2-3-8)11-9(7)10(12)13-6-14-11/h4,6,8H,2-3,5H2,1H3. The first-order chi connectivity index (χ1) is 7.25. The summed E-state index contributed by atoms with van der Waals surface area (Å²) < 4.78 is 2.20. The van der Waals surface area contributed by atoms with Crippen molar-refractivity contribution >= 4 is 22.6 Å². The van der Waals surface area contributed by atoms with E-state index in [-0.39, 0.29) is 0 Å². The lowest BCUT2D eigenvalue weighted by Gasteiger charge is -2.01. The molecule has 1 fully saturated rings. The second-order valence-corrected chi connectivity index (χ2v) is 4.63. The largest absolute Gasteiger partial charge is 0.332 e. The SMILES string of the molecule is Cc1cn(CC2CC2)c2ncnc(Cl)c12. The first-order valence-electron chi connectivity index (χ1n) is 5.21. The van der Waals surface area contributed by atoms with Gasteiger partial charge in [0.15, 0.2) is 0 Å². The number of aryl methyl sites for hydroxylation is 1. The summed E-state index contributed by atoms with van der Waals surface area (Å²) in [5.41, 5.74) is 2.13. The van der Waals surface area contributed by atoms with Gasteiger partial charge in [0.2, 0.25) is 0 Å². The highest BCUT2D eigenvalue weighted by Crippen LogP contribution is 2.33. The summed E-state index contributed by atoms with van der Waals surface area (Å²) in [6, 6.07) is 0. The van der Waals surface area contributed by atoms with Crippen molar-refractivity contribution in [2.45, 2.75) is 26.3 Å². The van der Waals surface area contributed by atoms with Crippen LogP contribution in [0.5, 0.6) is 0 Å². The maximum absolute atomic E-state index is 6.06. The molecule has 0 bridgehead atoms. The summed E-state index contributed by atoms with van der Waals surface area (Å²) in [5.74, 6) is 0.841. The molecule has 4 heteroatoms. The summed E-state index contributed by atoms with van der Waals surface area (Å²) in [6.45, 7) is 3.12. The second-order valence-electron chi connectivity index (χ2n) is 4.27. The third-order valence-corrected chi connectivity index (χ3v) is 3.24. The first kappa shape index (κ1) is 9.16. The Bertz CT molecular complexity index is 514.